The van der Waals surface area contributed by atoms with Crippen molar-refractivity contribution in [2.45, 2.75) is 61.9 Å². The van der Waals surface area contributed by atoms with E-state index in [1.165, 1.54) is 17.5 Å². The molecule has 8 nitrogen and oxygen atoms in total. The van der Waals surface area contributed by atoms with E-state index < -0.39 is 46.2 Å². The number of sulfone groups is 1. The van der Waals surface area contributed by atoms with Gasteiger partial charge >= 0.3 is 11.9 Å². The minimum absolute atomic E-state index is 0.0911. The lowest BCUT2D eigenvalue weighted by Crippen LogP contribution is -2.35. The predicted octanol–water partition coefficient (Wildman–Crippen LogP) is 6.35. The van der Waals surface area contributed by atoms with Crippen LogP contribution in [-0.4, -0.2) is 58.0 Å². The Bertz CT molecular complexity index is 1500. The van der Waals surface area contributed by atoms with Gasteiger partial charge < -0.3 is 18.9 Å². The Kier molecular flexibility index (Phi) is 12.1. The molecule has 1 fully saturated rings. The SMILES string of the molecule is C=CC[C@@H]1O[C@H](C[C@@H](COC(=O)c2ccccc2)OC(=O)c2ccccc2)[C@H](OCCCC)C1=CS(=O)(=O)c1ccccc1. The Balaban J connectivity index is 1.63. The van der Waals surface area contributed by atoms with Gasteiger partial charge in [-0.25, -0.2) is 18.0 Å². The Labute approximate surface area is 259 Å². The number of esters is 2. The van der Waals surface area contributed by atoms with Crippen molar-refractivity contribution in [2.75, 3.05) is 13.2 Å². The Hall–Kier alpha value is -4.05. The van der Waals surface area contributed by atoms with E-state index in [9.17, 15) is 18.0 Å². The fourth-order valence-electron chi connectivity index (χ4n) is 4.87. The number of carbonyl (C=O) groups is 2. The molecule has 4 rings (SSSR count). The maximum absolute atomic E-state index is 13.4. The molecule has 0 unspecified atom stereocenters. The van der Waals surface area contributed by atoms with Crippen LogP contribution in [0, 0.1) is 0 Å². The Morgan fingerprint density at radius 3 is 2.09 bits per heavy atom. The molecule has 1 aliphatic rings. The van der Waals surface area contributed by atoms with Gasteiger partial charge in [0.1, 0.15) is 18.8 Å². The molecule has 44 heavy (non-hydrogen) atoms. The van der Waals surface area contributed by atoms with Crippen LogP contribution in [0.5, 0.6) is 0 Å². The zero-order chi connectivity index (χ0) is 31.4. The van der Waals surface area contributed by atoms with Crippen LogP contribution in [0.3, 0.4) is 0 Å². The van der Waals surface area contributed by atoms with Crippen molar-refractivity contribution >= 4 is 21.8 Å². The van der Waals surface area contributed by atoms with Gasteiger partial charge in [0.05, 0.1) is 28.2 Å². The molecule has 4 atom stereocenters. The first-order valence-corrected chi connectivity index (χ1v) is 16.2. The summed E-state index contributed by atoms with van der Waals surface area (Å²) in [5.41, 5.74) is 1.17. The van der Waals surface area contributed by atoms with Gasteiger partial charge in [0.25, 0.3) is 0 Å². The van der Waals surface area contributed by atoms with Crippen LogP contribution in [0.2, 0.25) is 0 Å². The predicted molar refractivity (Wildman–Crippen MR) is 167 cm³/mol. The van der Waals surface area contributed by atoms with Crippen LogP contribution >= 0.6 is 0 Å². The van der Waals surface area contributed by atoms with Gasteiger partial charge in [-0.3, -0.25) is 0 Å². The average molecular weight is 619 g/mol. The minimum atomic E-state index is -3.83. The van der Waals surface area contributed by atoms with Crippen LogP contribution in [0.25, 0.3) is 0 Å². The average Bonchev–Trinajstić information content (AvgIpc) is 3.35. The van der Waals surface area contributed by atoms with Gasteiger partial charge in [-0.2, -0.15) is 0 Å². The van der Waals surface area contributed by atoms with E-state index in [0.717, 1.165) is 12.8 Å². The second-order valence-corrected chi connectivity index (χ2v) is 12.2. The first kappa shape index (κ1) is 32.9. The molecule has 0 aliphatic carbocycles. The molecule has 0 amide bonds. The lowest BCUT2D eigenvalue weighted by atomic mass is 10.00. The molecular weight excluding hydrogens is 580 g/mol. The summed E-state index contributed by atoms with van der Waals surface area (Å²) in [4.78, 5) is 26.0. The summed E-state index contributed by atoms with van der Waals surface area (Å²) in [5, 5.41) is 1.23. The minimum Gasteiger partial charge on any atom is -0.458 e. The summed E-state index contributed by atoms with van der Waals surface area (Å²) in [6.45, 7) is 6.00. The quantitative estimate of drug-likeness (QED) is 0.110. The molecule has 0 N–H and O–H groups in total. The third kappa shape index (κ3) is 8.98. The van der Waals surface area contributed by atoms with Gasteiger partial charge in [0.15, 0.2) is 9.84 Å². The topological polar surface area (TPSA) is 105 Å². The molecule has 3 aromatic rings. The van der Waals surface area contributed by atoms with Crippen LogP contribution in [0.1, 0.15) is 53.3 Å². The van der Waals surface area contributed by atoms with Crippen LogP contribution in [-0.2, 0) is 28.8 Å². The number of hydrogen-bond acceptors (Lipinski definition) is 8. The molecule has 0 saturated carbocycles. The van der Waals surface area contributed by atoms with Gasteiger partial charge in [0, 0.05) is 24.0 Å². The number of rotatable bonds is 15. The van der Waals surface area contributed by atoms with Crippen LogP contribution in [0.4, 0.5) is 0 Å². The van der Waals surface area contributed by atoms with Crippen LogP contribution < -0.4 is 0 Å². The van der Waals surface area contributed by atoms with Crippen molar-refractivity contribution in [1.29, 1.82) is 0 Å². The monoisotopic (exact) mass is 618 g/mol. The number of hydrogen-bond donors (Lipinski definition) is 0. The number of unbranched alkanes of at least 4 members (excludes halogenated alkanes) is 1. The second kappa shape index (κ2) is 16.1. The Morgan fingerprint density at radius 2 is 1.50 bits per heavy atom. The fraction of sp³-hybridized carbons (Fsp3) is 0.314. The summed E-state index contributed by atoms with van der Waals surface area (Å²) < 4.78 is 50.9. The molecule has 1 heterocycles. The molecule has 1 saturated heterocycles. The van der Waals surface area contributed by atoms with E-state index in [1.54, 1.807) is 84.9 Å². The molecule has 0 spiro atoms. The van der Waals surface area contributed by atoms with Crippen molar-refractivity contribution in [1.82, 2.24) is 0 Å². The molecule has 0 radical (unpaired) electrons. The highest BCUT2D eigenvalue weighted by Gasteiger charge is 2.43. The van der Waals surface area contributed by atoms with Crippen molar-refractivity contribution in [2.24, 2.45) is 0 Å². The van der Waals surface area contributed by atoms with Gasteiger partial charge in [-0.1, -0.05) is 74.0 Å². The lowest BCUT2D eigenvalue weighted by molar-refractivity contribution is -0.0591. The first-order valence-electron chi connectivity index (χ1n) is 14.7. The van der Waals surface area contributed by atoms with Crippen molar-refractivity contribution in [3.63, 3.8) is 0 Å². The van der Waals surface area contributed by atoms with E-state index in [1.807, 2.05) is 6.92 Å². The summed E-state index contributed by atoms with van der Waals surface area (Å²) in [7, 11) is -3.83. The largest absolute Gasteiger partial charge is 0.458 e. The standard InChI is InChI=1S/C35H38O8S/c1-3-5-22-40-33-30(25-44(38,39)29-20-13-8-14-21-29)31(15-4-2)43-32(33)23-28(42-35(37)27-18-11-7-12-19-27)24-41-34(36)26-16-9-6-10-17-26/h4,6-14,16-21,25,28,31-33H,2-3,5,15,22-24H2,1H3/t28-,31-,32+,33+/m0/s1. The third-order valence-electron chi connectivity index (χ3n) is 7.10. The number of benzene rings is 3. The van der Waals surface area contributed by atoms with Crippen molar-refractivity contribution in [3.05, 3.63) is 126 Å². The zero-order valence-electron chi connectivity index (χ0n) is 24.7. The highest BCUT2D eigenvalue weighted by atomic mass is 32.2. The molecule has 0 bridgehead atoms. The normalized spacial score (nSPS) is 19.8. The van der Waals surface area contributed by atoms with Crippen molar-refractivity contribution in [3.8, 4) is 0 Å². The van der Waals surface area contributed by atoms with Crippen molar-refractivity contribution < 1.29 is 37.0 Å². The maximum atomic E-state index is 13.4. The Morgan fingerprint density at radius 1 is 0.909 bits per heavy atom. The maximum Gasteiger partial charge on any atom is 0.338 e. The van der Waals surface area contributed by atoms with Crippen LogP contribution in [0.15, 0.2) is 120 Å². The van der Waals surface area contributed by atoms with Gasteiger partial charge in [-0.05, 0) is 49.2 Å². The summed E-state index contributed by atoms with van der Waals surface area (Å²) in [6, 6.07) is 25.2. The fourth-order valence-corrected chi connectivity index (χ4v) is 6.19. The second-order valence-electron chi connectivity index (χ2n) is 10.4. The zero-order valence-corrected chi connectivity index (χ0v) is 25.6. The molecule has 0 aromatic heterocycles. The molecule has 1 aliphatic heterocycles. The van der Waals surface area contributed by atoms with E-state index in [4.69, 9.17) is 18.9 Å². The highest BCUT2D eigenvalue weighted by molar-refractivity contribution is 7.94. The number of carbonyl (C=O) groups excluding carboxylic acids is 2. The number of ether oxygens (including phenoxy) is 4. The van der Waals surface area contributed by atoms with E-state index >= 15 is 0 Å². The third-order valence-corrected chi connectivity index (χ3v) is 8.62. The van der Waals surface area contributed by atoms with Gasteiger partial charge in [-0.15, -0.1) is 6.58 Å². The molecule has 9 heteroatoms. The highest BCUT2D eigenvalue weighted by Crippen LogP contribution is 2.36. The molecule has 232 valence electrons. The summed E-state index contributed by atoms with van der Waals surface area (Å²) >= 11 is 0. The first-order chi connectivity index (χ1) is 21.3. The lowest BCUT2D eigenvalue weighted by Gasteiger charge is -2.25. The van der Waals surface area contributed by atoms with E-state index in [0.29, 0.717) is 29.7 Å². The molecule has 3 aromatic carbocycles. The van der Waals surface area contributed by atoms with E-state index in [-0.39, 0.29) is 17.9 Å². The molecular formula is C35H38O8S. The smallest absolute Gasteiger partial charge is 0.338 e. The van der Waals surface area contributed by atoms with E-state index in [2.05, 4.69) is 6.58 Å². The summed E-state index contributed by atoms with van der Waals surface area (Å²) in [6.07, 6.45) is 0.759. The summed E-state index contributed by atoms with van der Waals surface area (Å²) in [5.74, 6) is -1.15. The van der Waals surface area contributed by atoms with Gasteiger partial charge in [0.2, 0.25) is 0 Å².